The van der Waals surface area contributed by atoms with E-state index < -0.39 is 0 Å². The lowest BCUT2D eigenvalue weighted by molar-refractivity contribution is 0.787. The summed E-state index contributed by atoms with van der Waals surface area (Å²) in [6.07, 6.45) is 1.66. The van der Waals surface area contributed by atoms with Crippen LogP contribution in [0.1, 0.15) is 11.5 Å². The fraction of sp³-hybridized carbons (Fsp3) is 0.250. The van der Waals surface area contributed by atoms with Crippen LogP contribution in [0.4, 0.5) is 0 Å². The van der Waals surface area contributed by atoms with Crippen LogP contribution in [0.15, 0.2) is 41.8 Å². The van der Waals surface area contributed by atoms with Crippen LogP contribution in [0.2, 0.25) is 0 Å². The Bertz CT molecular complexity index is 515. The molecule has 0 aliphatic carbocycles. The Balaban J connectivity index is 2.03. The number of nitriles is 1. The monoisotopic (exact) mass is 244 g/mol. The van der Waals surface area contributed by atoms with E-state index in [1.807, 2.05) is 41.9 Å². The second kappa shape index (κ2) is 5.51. The van der Waals surface area contributed by atoms with Crippen molar-refractivity contribution in [1.82, 2.24) is 14.8 Å². The average Bonchev–Trinajstić information content (AvgIpc) is 2.77. The first-order chi connectivity index (χ1) is 8.31. The molecule has 0 spiro atoms. The Hall–Kier alpha value is -1.80. The van der Waals surface area contributed by atoms with Gasteiger partial charge in [0.1, 0.15) is 6.33 Å². The second-order valence-electron chi connectivity index (χ2n) is 3.63. The minimum Gasteiger partial charge on any atom is -0.312 e. The van der Waals surface area contributed by atoms with Crippen LogP contribution in [-0.2, 0) is 7.05 Å². The molecule has 17 heavy (non-hydrogen) atoms. The van der Waals surface area contributed by atoms with Crippen molar-refractivity contribution in [3.05, 3.63) is 42.2 Å². The highest BCUT2D eigenvalue weighted by Gasteiger charge is 2.12. The van der Waals surface area contributed by atoms with Gasteiger partial charge < -0.3 is 4.57 Å². The van der Waals surface area contributed by atoms with Gasteiger partial charge >= 0.3 is 0 Å². The Labute approximate surface area is 104 Å². The molecule has 0 radical (unpaired) electrons. The molecular formula is C12H12N4S. The smallest absolute Gasteiger partial charge is 0.190 e. The van der Waals surface area contributed by atoms with Gasteiger partial charge in [0.2, 0.25) is 0 Å². The third-order valence-electron chi connectivity index (χ3n) is 2.41. The van der Waals surface area contributed by atoms with Gasteiger partial charge in [0, 0.05) is 12.8 Å². The molecule has 1 aromatic heterocycles. The summed E-state index contributed by atoms with van der Waals surface area (Å²) < 4.78 is 1.85. The van der Waals surface area contributed by atoms with Crippen molar-refractivity contribution < 1.29 is 0 Å². The van der Waals surface area contributed by atoms with E-state index in [1.165, 1.54) is 0 Å². The summed E-state index contributed by atoms with van der Waals surface area (Å²) >= 11 is 1.55. The summed E-state index contributed by atoms with van der Waals surface area (Å²) in [7, 11) is 1.90. The van der Waals surface area contributed by atoms with E-state index in [-0.39, 0.29) is 5.92 Å². The molecule has 0 bridgehead atoms. The van der Waals surface area contributed by atoms with Crippen molar-refractivity contribution in [1.29, 1.82) is 5.26 Å². The zero-order valence-corrected chi connectivity index (χ0v) is 10.3. The minimum atomic E-state index is -0.113. The van der Waals surface area contributed by atoms with Crippen molar-refractivity contribution >= 4 is 11.8 Å². The van der Waals surface area contributed by atoms with Crippen LogP contribution in [0, 0.1) is 11.3 Å². The largest absolute Gasteiger partial charge is 0.312 e. The van der Waals surface area contributed by atoms with Gasteiger partial charge in [-0.2, -0.15) is 5.26 Å². The summed E-state index contributed by atoms with van der Waals surface area (Å²) in [6.45, 7) is 0. The molecule has 0 saturated carbocycles. The zero-order chi connectivity index (χ0) is 12.1. The summed E-state index contributed by atoms with van der Waals surface area (Å²) in [5, 5.41) is 17.8. The maximum Gasteiger partial charge on any atom is 0.190 e. The molecule has 1 unspecified atom stereocenters. The van der Waals surface area contributed by atoms with E-state index in [2.05, 4.69) is 16.3 Å². The fourth-order valence-electron chi connectivity index (χ4n) is 1.45. The molecule has 1 heterocycles. The second-order valence-corrected chi connectivity index (χ2v) is 4.61. The van der Waals surface area contributed by atoms with Crippen LogP contribution < -0.4 is 0 Å². The lowest BCUT2D eigenvalue weighted by Gasteiger charge is -2.08. The van der Waals surface area contributed by atoms with Crippen molar-refractivity contribution in [2.75, 3.05) is 5.75 Å². The van der Waals surface area contributed by atoms with Gasteiger partial charge in [-0.15, -0.1) is 10.2 Å². The third-order valence-corrected chi connectivity index (χ3v) is 3.53. The Morgan fingerprint density at radius 3 is 2.76 bits per heavy atom. The first-order valence-corrected chi connectivity index (χ1v) is 6.21. The SMILES string of the molecule is Cn1cnnc1SCC(C#N)c1ccccc1. The molecule has 5 heteroatoms. The van der Waals surface area contributed by atoms with E-state index in [0.29, 0.717) is 5.75 Å². The summed E-state index contributed by atoms with van der Waals surface area (Å²) in [5.41, 5.74) is 1.05. The fourth-order valence-corrected chi connectivity index (χ4v) is 2.39. The lowest BCUT2D eigenvalue weighted by atomic mass is 10.0. The van der Waals surface area contributed by atoms with Crippen molar-refractivity contribution in [3.8, 4) is 6.07 Å². The maximum absolute atomic E-state index is 9.17. The van der Waals surface area contributed by atoms with E-state index in [9.17, 15) is 5.26 Å². The van der Waals surface area contributed by atoms with Gasteiger partial charge in [-0.05, 0) is 5.56 Å². The molecule has 2 rings (SSSR count). The molecule has 0 N–H and O–H groups in total. The summed E-state index contributed by atoms with van der Waals surface area (Å²) in [6, 6.07) is 12.1. The van der Waals surface area contributed by atoms with Gasteiger partial charge in [-0.25, -0.2) is 0 Å². The quantitative estimate of drug-likeness (QED) is 0.774. The third kappa shape index (κ3) is 2.86. The summed E-state index contributed by atoms with van der Waals surface area (Å²) in [4.78, 5) is 0. The number of aromatic nitrogens is 3. The van der Waals surface area contributed by atoms with Crippen LogP contribution in [0.3, 0.4) is 0 Å². The van der Waals surface area contributed by atoms with E-state index in [4.69, 9.17) is 0 Å². The van der Waals surface area contributed by atoms with E-state index in [0.717, 1.165) is 10.7 Å². The maximum atomic E-state index is 9.17. The number of thioether (sulfide) groups is 1. The van der Waals surface area contributed by atoms with Crippen molar-refractivity contribution in [3.63, 3.8) is 0 Å². The average molecular weight is 244 g/mol. The number of nitrogens with zero attached hydrogens (tertiary/aromatic N) is 4. The molecule has 0 aliphatic heterocycles. The highest BCUT2D eigenvalue weighted by Crippen LogP contribution is 2.23. The Morgan fingerprint density at radius 1 is 1.41 bits per heavy atom. The van der Waals surface area contributed by atoms with Crippen LogP contribution in [0.25, 0.3) is 0 Å². The molecule has 0 amide bonds. The van der Waals surface area contributed by atoms with Crippen molar-refractivity contribution in [2.24, 2.45) is 7.05 Å². The van der Waals surface area contributed by atoms with Crippen LogP contribution in [-0.4, -0.2) is 20.5 Å². The number of rotatable bonds is 4. The normalized spacial score (nSPS) is 12.0. The molecule has 1 atom stereocenters. The van der Waals surface area contributed by atoms with E-state index in [1.54, 1.807) is 18.1 Å². The predicted octanol–water partition coefficient (Wildman–Crippen LogP) is 2.21. The van der Waals surface area contributed by atoms with Gasteiger partial charge in [0.25, 0.3) is 0 Å². The lowest BCUT2D eigenvalue weighted by Crippen LogP contribution is -2.00. The minimum absolute atomic E-state index is 0.113. The highest BCUT2D eigenvalue weighted by atomic mass is 32.2. The Kier molecular flexibility index (Phi) is 3.78. The first kappa shape index (κ1) is 11.7. The van der Waals surface area contributed by atoms with Gasteiger partial charge in [-0.1, -0.05) is 42.1 Å². The number of benzene rings is 1. The Morgan fingerprint density at radius 2 is 2.18 bits per heavy atom. The summed E-state index contributed by atoms with van der Waals surface area (Å²) in [5.74, 6) is 0.574. The molecule has 1 aromatic carbocycles. The molecule has 0 aliphatic rings. The van der Waals surface area contributed by atoms with Crippen LogP contribution >= 0.6 is 11.8 Å². The highest BCUT2D eigenvalue weighted by molar-refractivity contribution is 7.99. The van der Waals surface area contributed by atoms with Crippen LogP contribution in [0.5, 0.6) is 0 Å². The molecule has 0 saturated heterocycles. The van der Waals surface area contributed by atoms with Gasteiger partial charge in [-0.3, -0.25) is 0 Å². The van der Waals surface area contributed by atoms with E-state index >= 15 is 0 Å². The molecule has 4 nitrogen and oxygen atoms in total. The topological polar surface area (TPSA) is 54.5 Å². The standard InChI is InChI=1S/C12H12N4S/c1-16-9-14-15-12(16)17-8-11(7-13)10-5-3-2-4-6-10/h2-6,9,11H,8H2,1H3. The molecule has 2 aromatic rings. The predicted molar refractivity (Wildman–Crippen MR) is 66.5 cm³/mol. The van der Waals surface area contributed by atoms with Gasteiger partial charge in [0.05, 0.1) is 12.0 Å². The molecule has 86 valence electrons. The van der Waals surface area contributed by atoms with Crippen molar-refractivity contribution in [2.45, 2.75) is 11.1 Å². The first-order valence-electron chi connectivity index (χ1n) is 5.22. The zero-order valence-electron chi connectivity index (χ0n) is 9.45. The van der Waals surface area contributed by atoms with Gasteiger partial charge in [0.15, 0.2) is 5.16 Å². The number of aryl methyl sites for hydroxylation is 1. The molecule has 0 fully saturated rings. The molecular weight excluding hydrogens is 232 g/mol. The number of hydrogen-bond acceptors (Lipinski definition) is 4. The number of hydrogen-bond donors (Lipinski definition) is 0.